The zero-order valence-corrected chi connectivity index (χ0v) is 17.8. The molecule has 3 aromatic rings. The van der Waals surface area contributed by atoms with E-state index in [9.17, 15) is 4.79 Å². The summed E-state index contributed by atoms with van der Waals surface area (Å²) in [6.45, 7) is 2.80. The van der Waals surface area contributed by atoms with Gasteiger partial charge in [-0.1, -0.05) is 41.0 Å². The van der Waals surface area contributed by atoms with Crippen LogP contribution in [0.25, 0.3) is 10.7 Å². The quantitative estimate of drug-likeness (QED) is 0.582. The molecule has 0 aliphatic carbocycles. The fraction of sp³-hybridized carbons (Fsp3) is 0.381. The lowest BCUT2D eigenvalue weighted by molar-refractivity contribution is -0.137. The molecule has 0 radical (unpaired) electrons. The van der Waals surface area contributed by atoms with Crippen molar-refractivity contribution >= 4 is 28.8 Å². The molecule has 3 heterocycles. The number of carbonyl (C=O) groups is 1. The summed E-state index contributed by atoms with van der Waals surface area (Å²) in [5.41, 5.74) is 1.10. The first-order valence-corrected chi connectivity index (χ1v) is 10.9. The fourth-order valence-corrected chi connectivity index (χ4v) is 4.53. The standard InChI is InChI=1S/C21H23ClN4O2S/c1-25(14-19-23-20(24-28-19)18-9-5-11-29-18)21(27)16-7-4-10-26(13-16)12-15-6-2-3-8-17(15)22/h2-3,5-6,8-9,11,16H,4,7,10,12-14H2,1H3/t16-/m1/s1. The van der Waals surface area contributed by atoms with Gasteiger partial charge in [0.25, 0.3) is 0 Å². The van der Waals surface area contributed by atoms with Crippen molar-refractivity contribution in [2.75, 3.05) is 20.1 Å². The van der Waals surface area contributed by atoms with E-state index in [1.54, 1.807) is 23.3 Å². The van der Waals surface area contributed by atoms with Crippen LogP contribution < -0.4 is 0 Å². The number of thiophene rings is 1. The molecule has 4 rings (SSSR count). The molecule has 0 unspecified atom stereocenters. The van der Waals surface area contributed by atoms with Crippen LogP contribution in [0.4, 0.5) is 0 Å². The van der Waals surface area contributed by atoms with Crippen molar-refractivity contribution < 1.29 is 9.32 Å². The highest BCUT2D eigenvalue weighted by Gasteiger charge is 2.29. The molecule has 1 aliphatic heterocycles. The number of carbonyl (C=O) groups excluding carboxylic acids is 1. The van der Waals surface area contributed by atoms with E-state index >= 15 is 0 Å². The van der Waals surface area contributed by atoms with Gasteiger partial charge in [-0.15, -0.1) is 11.3 Å². The maximum atomic E-state index is 13.0. The van der Waals surface area contributed by atoms with Crippen molar-refractivity contribution in [3.63, 3.8) is 0 Å². The van der Waals surface area contributed by atoms with Gasteiger partial charge in [-0.2, -0.15) is 4.98 Å². The molecule has 0 N–H and O–H groups in total. The largest absolute Gasteiger partial charge is 0.337 e. The molecule has 2 aromatic heterocycles. The molecular formula is C21H23ClN4O2S. The maximum Gasteiger partial charge on any atom is 0.246 e. The Morgan fingerprint density at radius 2 is 2.21 bits per heavy atom. The number of hydrogen-bond donors (Lipinski definition) is 0. The highest BCUT2D eigenvalue weighted by atomic mass is 35.5. The Morgan fingerprint density at radius 3 is 3.00 bits per heavy atom. The molecule has 0 bridgehead atoms. The summed E-state index contributed by atoms with van der Waals surface area (Å²) in [5.74, 6) is 1.10. The third-order valence-corrected chi connectivity index (χ3v) is 6.40. The fourth-order valence-electron chi connectivity index (χ4n) is 3.69. The third-order valence-electron chi connectivity index (χ3n) is 5.16. The van der Waals surface area contributed by atoms with Crippen LogP contribution >= 0.6 is 22.9 Å². The van der Waals surface area contributed by atoms with Gasteiger partial charge in [-0.3, -0.25) is 9.69 Å². The summed E-state index contributed by atoms with van der Waals surface area (Å²) in [5, 5.41) is 6.76. The Balaban J connectivity index is 1.35. The van der Waals surface area contributed by atoms with Gasteiger partial charge in [0.1, 0.15) is 0 Å². The molecule has 8 heteroatoms. The normalized spacial score (nSPS) is 17.4. The van der Waals surface area contributed by atoms with E-state index < -0.39 is 0 Å². The molecule has 1 amide bonds. The van der Waals surface area contributed by atoms with Gasteiger partial charge < -0.3 is 9.42 Å². The average molecular weight is 431 g/mol. The summed E-state index contributed by atoms with van der Waals surface area (Å²) in [6, 6.07) is 11.8. The van der Waals surface area contributed by atoms with Crippen molar-refractivity contribution in [1.82, 2.24) is 19.9 Å². The molecule has 1 aromatic carbocycles. The number of benzene rings is 1. The van der Waals surface area contributed by atoms with Gasteiger partial charge >= 0.3 is 0 Å². The number of piperidine rings is 1. The molecule has 152 valence electrons. The van der Waals surface area contributed by atoms with Crippen LogP contribution in [0, 0.1) is 5.92 Å². The first-order valence-electron chi connectivity index (χ1n) is 9.67. The van der Waals surface area contributed by atoms with Crippen molar-refractivity contribution in [3.05, 3.63) is 58.3 Å². The van der Waals surface area contributed by atoms with Gasteiger partial charge in [-0.25, -0.2) is 0 Å². The summed E-state index contributed by atoms with van der Waals surface area (Å²) in [6.07, 6.45) is 1.89. The predicted octanol–water partition coefficient (Wildman–Crippen LogP) is 4.32. The number of amides is 1. The van der Waals surface area contributed by atoms with Crippen molar-refractivity contribution in [1.29, 1.82) is 0 Å². The van der Waals surface area contributed by atoms with Crippen LogP contribution in [0.1, 0.15) is 24.3 Å². The number of hydrogen-bond acceptors (Lipinski definition) is 6. The van der Waals surface area contributed by atoms with Crippen LogP contribution in [-0.4, -0.2) is 46.0 Å². The first kappa shape index (κ1) is 20.1. The lowest BCUT2D eigenvalue weighted by atomic mass is 9.96. The Labute approximate surface area is 179 Å². The van der Waals surface area contributed by atoms with E-state index in [4.69, 9.17) is 16.1 Å². The molecule has 6 nitrogen and oxygen atoms in total. The zero-order valence-electron chi connectivity index (χ0n) is 16.3. The minimum Gasteiger partial charge on any atom is -0.337 e. The SMILES string of the molecule is CN(Cc1nc(-c2cccs2)no1)C(=O)[C@@H]1CCCN(Cc2ccccc2Cl)C1. The molecule has 0 saturated carbocycles. The third kappa shape index (κ3) is 4.86. The van der Waals surface area contributed by atoms with Crippen LogP contribution in [0.3, 0.4) is 0 Å². The smallest absolute Gasteiger partial charge is 0.246 e. The molecule has 1 fully saturated rings. The second kappa shape index (κ2) is 9.07. The molecule has 29 heavy (non-hydrogen) atoms. The van der Waals surface area contributed by atoms with E-state index in [-0.39, 0.29) is 11.8 Å². The Kier molecular flexibility index (Phi) is 6.28. The van der Waals surface area contributed by atoms with Crippen LogP contribution in [0.5, 0.6) is 0 Å². The van der Waals surface area contributed by atoms with Crippen molar-refractivity contribution in [2.45, 2.75) is 25.9 Å². The summed E-state index contributed by atoms with van der Waals surface area (Å²) in [7, 11) is 1.80. The van der Waals surface area contributed by atoms with Crippen molar-refractivity contribution in [3.8, 4) is 10.7 Å². The highest BCUT2D eigenvalue weighted by Crippen LogP contribution is 2.24. The second-order valence-corrected chi connectivity index (χ2v) is 8.70. The molecule has 1 aliphatic rings. The van der Waals surface area contributed by atoms with Gasteiger partial charge in [0.2, 0.25) is 17.6 Å². The Bertz CT molecular complexity index is 959. The van der Waals surface area contributed by atoms with Crippen LogP contribution in [0.15, 0.2) is 46.3 Å². The first-order chi connectivity index (χ1) is 14.1. The Morgan fingerprint density at radius 1 is 1.34 bits per heavy atom. The number of nitrogens with zero attached hydrogens (tertiary/aromatic N) is 4. The summed E-state index contributed by atoms with van der Waals surface area (Å²) in [4.78, 5) is 22.4. The van der Waals surface area contributed by atoms with Gasteiger partial charge in [0.15, 0.2) is 0 Å². The highest BCUT2D eigenvalue weighted by molar-refractivity contribution is 7.13. The molecule has 1 saturated heterocycles. The number of rotatable bonds is 6. The van der Waals surface area contributed by atoms with E-state index in [1.165, 1.54) is 0 Å². The van der Waals surface area contributed by atoms with Crippen LogP contribution in [0.2, 0.25) is 5.02 Å². The lowest BCUT2D eigenvalue weighted by Crippen LogP contribution is -2.43. The van der Waals surface area contributed by atoms with Crippen molar-refractivity contribution in [2.24, 2.45) is 5.92 Å². The molecule has 1 atom stereocenters. The van der Waals surface area contributed by atoms with E-state index in [2.05, 4.69) is 15.0 Å². The maximum absolute atomic E-state index is 13.0. The van der Waals surface area contributed by atoms with Gasteiger partial charge in [-0.05, 0) is 42.5 Å². The molecular weight excluding hydrogens is 408 g/mol. The van der Waals surface area contributed by atoms with E-state index in [0.29, 0.717) is 18.3 Å². The Hall–Kier alpha value is -2.22. The average Bonchev–Trinajstić information content (AvgIpc) is 3.41. The summed E-state index contributed by atoms with van der Waals surface area (Å²) >= 11 is 7.86. The number of aromatic nitrogens is 2. The second-order valence-electron chi connectivity index (χ2n) is 7.35. The van der Waals surface area contributed by atoms with Gasteiger partial charge in [0.05, 0.1) is 17.3 Å². The number of halogens is 1. The monoisotopic (exact) mass is 430 g/mol. The minimum atomic E-state index is -0.0316. The van der Waals surface area contributed by atoms with E-state index in [0.717, 1.165) is 47.9 Å². The topological polar surface area (TPSA) is 62.5 Å². The van der Waals surface area contributed by atoms with E-state index in [1.807, 2.05) is 41.8 Å². The van der Waals surface area contributed by atoms with Gasteiger partial charge in [0, 0.05) is 25.2 Å². The molecule has 0 spiro atoms. The lowest BCUT2D eigenvalue weighted by Gasteiger charge is -2.33. The number of likely N-dealkylation sites (tertiary alicyclic amines) is 1. The minimum absolute atomic E-state index is 0.0316. The van der Waals surface area contributed by atoms with Crippen LogP contribution in [-0.2, 0) is 17.9 Å². The predicted molar refractivity (Wildman–Crippen MR) is 114 cm³/mol. The zero-order chi connectivity index (χ0) is 20.2. The summed E-state index contributed by atoms with van der Waals surface area (Å²) < 4.78 is 5.34.